The van der Waals surface area contributed by atoms with Crippen LogP contribution in [0.5, 0.6) is 0 Å². The van der Waals surface area contributed by atoms with E-state index >= 15 is 0 Å². The Morgan fingerprint density at radius 1 is 1.38 bits per heavy atom. The van der Waals surface area contributed by atoms with Gasteiger partial charge in [0.25, 0.3) is 0 Å². The van der Waals surface area contributed by atoms with Crippen molar-refractivity contribution >= 4 is 17.7 Å². The molecule has 7 nitrogen and oxygen atoms in total. The standard InChI is InChI=1S/C19H19F3N4O3/c1-10(27)23-8-13-9-26(18(28)29-13)12-5-6-14-11(7-12)3-2-4-15-16(14)25-17(24-15)19(20,21)22/h5-7,13H,2-4,8-9H2,1H3,(H,23,27)(H,24,25)/t13-/m0/s1. The third kappa shape index (κ3) is 3.79. The molecule has 2 aliphatic rings. The van der Waals surface area contributed by atoms with E-state index in [-0.39, 0.29) is 19.0 Å². The lowest BCUT2D eigenvalue weighted by Gasteiger charge is -2.16. The minimum absolute atomic E-state index is 0.211. The van der Waals surface area contributed by atoms with Crippen LogP contribution >= 0.6 is 0 Å². The van der Waals surface area contributed by atoms with Crippen LogP contribution in [0.2, 0.25) is 0 Å². The first-order chi connectivity index (χ1) is 13.7. The molecule has 0 radical (unpaired) electrons. The molecule has 29 heavy (non-hydrogen) atoms. The van der Waals surface area contributed by atoms with Crippen LogP contribution in [-0.2, 0) is 28.5 Å². The average Bonchev–Trinajstić information content (AvgIpc) is 3.19. The van der Waals surface area contributed by atoms with Crippen molar-refractivity contribution in [3.63, 3.8) is 0 Å². The van der Waals surface area contributed by atoms with E-state index in [0.29, 0.717) is 41.9 Å². The van der Waals surface area contributed by atoms with Crippen LogP contribution in [0.4, 0.5) is 23.7 Å². The number of H-pyrrole nitrogens is 1. The molecule has 10 heteroatoms. The van der Waals surface area contributed by atoms with E-state index in [0.717, 1.165) is 5.56 Å². The molecule has 1 aromatic heterocycles. The van der Waals surface area contributed by atoms with Gasteiger partial charge in [0.1, 0.15) is 6.10 Å². The number of aromatic nitrogens is 2. The van der Waals surface area contributed by atoms with E-state index < -0.39 is 24.2 Å². The predicted octanol–water partition coefficient (Wildman–Crippen LogP) is 3.05. The fourth-order valence-corrected chi connectivity index (χ4v) is 3.69. The molecule has 0 bridgehead atoms. The molecule has 1 atom stereocenters. The molecule has 0 saturated carbocycles. The van der Waals surface area contributed by atoms with Gasteiger partial charge in [-0.3, -0.25) is 9.69 Å². The monoisotopic (exact) mass is 408 g/mol. The van der Waals surface area contributed by atoms with Gasteiger partial charge in [0, 0.05) is 23.9 Å². The van der Waals surface area contributed by atoms with Gasteiger partial charge < -0.3 is 15.0 Å². The highest BCUT2D eigenvalue weighted by atomic mass is 19.4. The zero-order valence-corrected chi connectivity index (χ0v) is 15.6. The number of alkyl halides is 3. The number of halogens is 3. The molecule has 4 rings (SSSR count). The lowest BCUT2D eigenvalue weighted by atomic mass is 10.0. The zero-order valence-electron chi connectivity index (χ0n) is 15.6. The minimum atomic E-state index is -4.53. The van der Waals surface area contributed by atoms with Crippen LogP contribution in [0.1, 0.15) is 30.4 Å². The first kappa shape index (κ1) is 19.3. The van der Waals surface area contributed by atoms with Crippen molar-refractivity contribution in [1.82, 2.24) is 15.3 Å². The topological polar surface area (TPSA) is 87.3 Å². The van der Waals surface area contributed by atoms with Gasteiger partial charge in [-0.05, 0) is 37.0 Å². The van der Waals surface area contributed by atoms with Gasteiger partial charge in [-0.1, -0.05) is 6.07 Å². The fraction of sp³-hybridized carbons (Fsp3) is 0.421. The number of carbonyl (C=O) groups excluding carboxylic acids is 2. The number of aryl methyl sites for hydroxylation is 2. The molecular formula is C19H19F3N4O3. The number of fused-ring (bicyclic) bond motifs is 3. The third-order valence-electron chi connectivity index (χ3n) is 5.03. The van der Waals surface area contributed by atoms with Crippen LogP contribution in [0.3, 0.4) is 0 Å². The van der Waals surface area contributed by atoms with Crippen molar-refractivity contribution in [2.24, 2.45) is 0 Å². The summed E-state index contributed by atoms with van der Waals surface area (Å²) in [6.45, 7) is 1.89. The Bertz CT molecular complexity index is 970. The third-order valence-corrected chi connectivity index (χ3v) is 5.03. The average molecular weight is 408 g/mol. The second-order valence-corrected chi connectivity index (χ2v) is 7.16. The molecule has 0 unspecified atom stereocenters. The Morgan fingerprint density at radius 2 is 2.17 bits per heavy atom. The SMILES string of the molecule is CC(=O)NC[C@H]1CN(c2ccc3c(c2)CCCc2[nH]c(C(F)(F)F)nc2-3)C(=O)O1. The van der Waals surface area contributed by atoms with E-state index in [1.807, 2.05) is 0 Å². The summed E-state index contributed by atoms with van der Waals surface area (Å²) in [5.41, 5.74) is 2.85. The van der Waals surface area contributed by atoms with Crippen molar-refractivity contribution in [3.05, 3.63) is 35.3 Å². The Morgan fingerprint density at radius 3 is 2.90 bits per heavy atom. The molecule has 2 aromatic rings. The Hall–Kier alpha value is -3.04. The molecule has 2 N–H and O–H groups in total. The maximum atomic E-state index is 13.0. The van der Waals surface area contributed by atoms with Crippen molar-refractivity contribution in [1.29, 1.82) is 0 Å². The van der Waals surface area contributed by atoms with Crippen LogP contribution in [0, 0.1) is 0 Å². The van der Waals surface area contributed by atoms with E-state index in [2.05, 4.69) is 15.3 Å². The number of rotatable bonds is 3. The van der Waals surface area contributed by atoms with Gasteiger partial charge in [0.2, 0.25) is 11.7 Å². The molecule has 154 valence electrons. The number of aromatic amines is 1. The quantitative estimate of drug-likeness (QED) is 0.817. The second kappa shape index (κ2) is 7.09. The van der Waals surface area contributed by atoms with Crippen LogP contribution in [0.15, 0.2) is 18.2 Å². The summed E-state index contributed by atoms with van der Waals surface area (Å²) in [4.78, 5) is 30.9. The summed E-state index contributed by atoms with van der Waals surface area (Å²) in [6.07, 6.45) is -3.72. The van der Waals surface area contributed by atoms with Crippen LogP contribution in [0.25, 0.3) is 11.3 Å². The van der Waals surface area contributed by atoms with Crippen LogP contribution in [-0.4, -0.2) is 41.2 Å². The van der Waals surface area contributed by atoms with Crippen molar-refractivity contribution in [3.8, 4) is 11.3 Å². The van der Waals surface area contributed by atoms with Gasteiger partial charge in [-0.15, -0.1) is 0 Å². The molecule has 1 fully saturated rings. The number of anilines is 1. The van der Waals surface area contributed by atoms with Crippen molar-refractivity contribution in [2.75, 3.05) is 18.0 Å². The Labute approximate surface area is 164 Å². The highest BCUT2D eigenvalue weighted by Gasteiger charge is 2.37. The predicted molar refractivity (Wildman–Crippen MR) is 97.3 cm³/mol. The summed E-state index contributed by atoms with van der Waals surface area (Å²) in [5.74, 6) is -1.21. The largest absolute Gasteiger partial charge is 0.449 e. The lowest BCUT2D eigenvalue weighted by Crippen LogP contribution is -2.33. The Balaban J connectivity index is 1.61. The molecule has 2 amide bonds. The Kier molecular flexibility index (Phi) is 4.71. The number of nitrogens with one attached hydrogen (secondary N) is 2. The van der Waals surface area contributed by atoms with Gasteiger partial charge in [-0.25, -0.2) is 9.78 Å². The molecule has 0 spiro atoms. The van der Waals surface area contributed by atoms with Gasteiger partial charge in [-0.2, -0.15) is 13.2 Å². The number of imidazole rings is 1. The summed E-state index contributed by atoms with van der Waals surface area (Å²) in [7, 11) is 0. The smallest absolute Gasteiger partial charge is 0.442 e. The number of nitrogens with zero attached hydrogens (tertiary/aromatic N) is 2. The highest BCUT2D eigenvalue weighted by molar-refractivity contribution is 5.90. The van der Waals surface area contributed by atoms with E-state index in [9.17, 15) is 22.8 Å². The number of ether oxygens (including phenoxy) is 1. The molecule has 2 heterocycles. The normalized spacial score (nSPS) is 18.7. The maximum Gasteiger partial charge on any atom is 0.449 e. The second-order valence-electron chi connectivity index (χ2n) is 7.16. The number of hydrogen-bond acceptors (Lipinski definition) is 4. The molecule has 1 saturated heterocycles. The highest BCUT2D eigenvalue weighted by Crippen LogP contribution is 2.37. The summed E-state index contributed by atoms with van der Waals surface area (Å²) < 4.78 is 44.4. The van der Waals surface area contributed by atoms with E-state index in [1.165, 1.54) is 11.8 Å². The first-order valence-corrected chi connectivity index (χ1v) is 9.24. The first-order valence-electron chi connectivity index (χ1n) is 9.24. The number of amides is 2. The van der Waals surface area contributed by atoms with E-state index in [1.54, 1.807) is 18.2 Å². The number of cyclic esters (lactones) is 1. The van der Waals surface area contributed by atoms with Gasteiger partial charge in [0.05, 0.1) is 18.8 Å². The summed E-state index contributed by atoms with van der Waals surface area (Å²) in [5, 5.41) is 2.62. The van der Waals surface area contributed by atoms with Gasteiger partial charge >= 0.3 is 12.3 Å². The zero-order chi connectivity index (χ0) is 20.8. The molecule has 1 aromatic carbocycles. The number of hydrogen-bond donors (Lipinski definition) is 2. The summed E-state index contributed by atoms with van der Waals surface area (Å²) in [6, 6.07) is 5.18. The lowest BCUT2D eigenvalue weighted by molar-refractivity contribution is -0.144. The molecular weight excluding hydrogens is 389 g/mol. The minimum Gasteiger partial charge on any atom is -0.442 e. The maximum absolute atomic E-state index is 13.0. The van der Waals surface area contributed by atoms with E-state index in [4.69, 9.17) is 4.74 Å². The van der Waals surface area contributed by atoms with Crippen molar-refractivity contribution < 1.29 is 27.5 Å². The number of benzene rings is 1. The van der Waals surface area contributed by atoms with Gasteiger partial charge in [0.15, 0.2) is 0 Å². The molecule has 1 aliphatic heterocycles. The number of carbonyl (C=O) groups is 2. The van der Waals surface area contributed by atoms with Crippen molar-refractivity contribution in [2.45, 2.75) is 38.5 Å². The molecule has 1 aliphatic carbocycles. The summed E-state index contributed by atoms with van der Waals surface area (Å²) >= 11 is 0. The fourth-order valence-electron chi connectivity index (χ4n) is 3.69. The van der Waals surface area contributed by atoms with Crippen LogP contribution < -0.4 is 10.2 Å².